The number of nitrogens with one attached hydrogen (secondary N) is 2. The molecule has 2 aliphatic heterocycles. The molecule has 1 saturated heterocycles. The maximum atomic E-state index is 13.2. The summed E-state index contributed by atoms with van der Waals surface area (Å²) in [5.41, 5.74) is 2.09. The van der Waals surface area contributed by atoms with Crippen LogP contribution in [0.3, 0.4) is 0 Å². The molecule has 2 N–H and O–H groups in total. The Bertz CT molecular complexity index is 1180. The number of benzene rings is 2. The third kappa shape index (κ3) is 6.17. The lowest BCUT2D eigenvalue weighted by Gasteiger charge is -2.29. The summed E-state index contributed by atoms with van der Waals surface area (Å²) in [4.78, 5) is 13.1. The van der Waals surface area contributed by atoms with E-state index in [0.717, 1.165) is 23.4 Å². The van der Waals surface area contributed by atoms with E-state index in [2.05, 4.69) is 37.5 Å². The highest BCUT2D eigenvalue weighted by Crippen LogP contribution is 2.34. The van der Waals surface area contributed by atoms with Crippen LogP contribution >= 0.6 is 11.6 Å². The zero-order chi connectivity index (χ0) is 25.2. The average molecular weight is 520 g/mol. The van der Waals surface area contributed by atoms with E-state index in [4.69, 9.17) is 16.3 Å². The van der Waals surface area contributed by atoms with Crippen LogP contribution < -0.4 is 15.4 Å². The van der Waals surface area contributed by atoms with Gasteiger partial charge in [0, 0.05) is 43.1 Å². The lowest BCUT2D eigenvalue weighted by Crippen LogP contribution is -2.40. The Morgan fingerprint density at radius 3 is 2.69 bits per heavy atom. The molecule has 2 aromatic carbocycles. The van der Waals surface area contributed by atoms with Gasteiger partial charge in [0.05, 0.1) is 17.7 Å². The maximum absolute atomic E-state index is 13.2. The van der Waals surface area contributed by atoms with Gasteiger partial charge in [0.1, 0.15) is 10.6 Å². The van der Waals surface area contributed by atoms with Crippen LogP contribution in [-0.4, -0.2) is 43.4 Å². The van der Waals surface area contributed by atoms with Crippen LogP contribution in [-0.2, 0) is 21.4 Å². The van der Waals surface area contributed by atoms with Crippen LogP contribution in [0.5, 0.6) is 5.75 Å². The van der Waals surface area contributed by atoms with Gasteiger partial charge in [-0.3, -0.25) is 4.79 Å². The first-order valence-electron chi connectivity index (χ1n) is 12.1. The first kappa shape index (κ1) is 25.9. The SMILES string of the molecule is CC(C)(C)NCc1ccc2c(c1)OCC[C@H]2NC(=O)C[C@@H]1CCCN1S(=O)(=O)c1ccccc1Cl. The van der Waals surface area contributed by atoms with Crippen molar-refractivity contribution in [3.8, 4) is 5.75 Å². The smallest absolute Gasteiger partial charge is 0.244 e. The molecular weight excluding hydrogens is 486 g/mol. The maximum Gasteiger partial charge on any atom is 0.244 e. The number of carbonyl (C=O) groups excluding carboxylic acids is 1. The van der Waals surface area contributed by atoms with E-state index in [0.29, 0.717) is 32.4 Å². The zero-order valence-electron chi connectivity index (χ0n) is 20.5. The van der Waals surface area contributed by atoms with E-state index in [1.54, 1.807) is 18.2 Å². The Hall–Kier alpha value is -2.13. The van der Waals surface area contributed by atoms with Crippen LogP contribution in [0.15, 0.2) is 47.4 Å². The van der Waals surface area contributed by atoms with E-state index in [-0.39, 0.29) is 39.9 Å². The summed E-state index contributed by atoms with van der Waals surface area (Å²) in [5, 5.41) is 6.78. The fourth-order valence-corrected chi connectivity index (χ4v) is 6.83. The van der Waals surface area contributed by atoms with Gasteiger partial charge in [-0.2, -0.15) is 4.31 Å². The highest BCUT2D eigenvalue weighted by Gasteiger charge is 2.37. The normalized spacial score (nSPS) is 20.8. The number of halogens is 1. The molecule has 2 atom stereocenters. The van der Waals surface area contributed by atoms with Crippen molar-refractivity contribution >= 4 is 27.5 Å². The molecule has 0 bridgehead atoms. The molecule has 0 saturated carbocycles. The largest absolute Gasteiger partial charge is 0.493 e. The molecule has 0 spiro atoms. The molecule has 9 heteroatoms. The van der Waals surface area contributed by atoms with Gasteiger partial charge in [-0.05, 0) is 57.4 Å². The molecular formula is C26H34ClN3O4S. The number of ether oxygens (including phenoxy) is 1. The Kier molecular flexibility index (Phi) is 7.76. The summed E-state index contributed by atoms with van der Waals surface area (Å²) in [6.07, 6.45) is 2.15. The first-order valence-corrected chi connectivity index (χ1v) is 13.9. The Balaban J connectivity index is 1.42. The predicted molar refractivity (Wildman–Crippen MR) is 137 cm³/mol. The van der Waals surface area contributed by atoms with Gasteiger partial charge in [-0.1, -0.05) is 35.9 Å². The van der Waals surface area contributed by atoms with Crippen LogP contribution in [0.25, 0.3) is 0 Å². The highest BCUT2D eigenvalue weighted by molar-refractivity contribution is 7.89. The molecule has 2 heterocycles. The van der Waals surface area contributed by atoms with E-state index in [9.17, 15) is 13.2 Å². The van der Waals surface area contributed by atoms with Gasteiger partial charge < -0.3 is 15.4 Å². The molecule has 2 aromatic rings. The summed E-state index contributed by atoms with van der Waals surface area (Å²) in [5.74, 6) is 0.631. The lowest BCUT2D eigenvalue weighted by molar-refractivity contribution is -0.122. The number of hydrogen-bond donors (Lipinski definition) is 2. The molecule has 2 aliphatic rings. The van der Waals surface area contributed by atoms with Crippen molar-refractivity contribution in [2.24, 2.45) is 0 Å². The number of carbonyl (C=O) groups is 1. The van der Waals surface area contributed by atoms with Crippen molar-refractivity contribution in [1.29, 1.82) is 0 Å². The van der Waals surface area contributed by atoms with Gasteiger partial charge in [0.25, 0.3) is 0 Å². The monoisotopic (exact) mass is 519 g/mol. The first-order chi connectivity index (χ1) is 16.5. The summed E-state index contributed by atoms with van der Waals surface area (Å²) in [6.45, 7) is 8.01. The van der Waals surface area contributed by atoms with E-state index in [1.807, 2.05) is 12.1 Å². The Labute approximate surface area is 213 Å². The fraction of sp³-hybridized carbons (Fsp3) is 0.500. The molecule has 7 nitrogen and oxygen atoms in total. The second kappa shape index (κ2) is 10.5. The molecule has 1 amide bonds. The van der Waals surface area contributed by atoms with Crippen molar-refractivity contribution in [2.45, 2.75) is 75.5 Å². The van der Waals surface area contributed by atoms with Gasteiger partial charge in [-0.25, -0.2) is 8.42 Å². The van der Waals surface area contributed by atoms with E-state index < -0.39 is 10.0 Å². The zero-order valence-corrected chi connectivity index (χ0v) is 22.1. The Morgan fingerprint density at radius 1 is 1.17 bits per heavy atom. The summed E-state index contributed by atoms with van der Waals surface area (Å²) >= 11 is 6.17. The van der Waals surface area contributed by atoms with Crippen molar-refractivity contribution < 1.29 is 17.9 Å². The van der Waals surface area contributed by atoms with Gasteiger partial charge in [0.15, 0.2) is 0 Å². The average Bonchev–Trinajstić information content (AvgIpc) is 3.26. The van der Waals surface area contributed by atoms with Crippen molar-refractivity contribution in [1.82, 2.24) is 14.9 Å². The minimum absolute atomic E-state index is 0.0146. The molecule has 1 fully saturated rings. The summed E-state index contributed by atoms with van der Waals surface area (Å²) < 4.78 is 33.8. The van der Waals surface area contributed by atoms with Crippen molar-refractivity contribution in [3.05, 3.63) is 58.6 Å². The predicted octanol–water partition coefficient (Wildman–Crippen LogP) is 4.41. The molecule has 190 valence electrons. The van der Waals surface area contributed by atoms with Crippen LogP contribution in [0, 0.1) is 0 Å². The summed E-state index contributed by atoms with van der Waals surface area (Å²) in [7, 11) is -3.77. The van der Waals surface area contributed by atoms with Gasteiger partial charge in [0.2, 0.25) is 15.9 Å². The minimum atomic E-state index is -3.77. The van der Waals surface area contributed by atoms with Crippen LogP contribution in [0.1, 0.15) is 63.6 Å². The molecule has 35 heavy (non-hydrogen) atoms. The quantitative estimate of drug-likeness (QED) is 0.565. The van der Waals surface area contributed by atoms with Crippen molar-refractivity contribution in [3.63, 3.8) is 0 Å². The summed E-state index contributed by atoms with van der Waals surface area (Å²) in [6, 6.07) is 12.0. The van der Waals surface area contributed by atoms with E-state index >= 15 is 0 Å². The van der Waals surface area contributed by atoms with Crippen LogP contribution in [0.4, 0.5) is 0 Å². The fourth-order valence-electron chi connectivity index (χ4n) is 4.64. The second-order valence-corrected chi connectivity index (χ2v) is 12.5. The number of hydrogen-bond acceptors (Lipinski definition) is 5. The molecule has 0 unspecified atom stereocenters. The number of fused-ring (bicyclic) bond motifs is 1. The van der Waals surface area contributed by atoms with E-state index in [1.165, 1.54) is 10.4 Å². The number of sulfonamides is 1. The third-order valence-corrected chi connectivity index (χ3v) is 8.89. The van der Waals surface area contributed by atoms with Gasteiger partial charge >= 0.3 is 0 Å². The minimum Gasteiger partial charge on any atom is -0.493 e. The lowest BCUT2D eigenvalue weighted by atomic mass is 9.98. The van der Waals surface area contributed by atoms with Crippen molar-refractivity contribution in [2.75, 3.05) is 13.2 Å². The molecule has 4 rings (SSSR count). The molecule has 0 aromatic heterocycles. The molecule has 0 radical (unpaired) electrons. The number of rotatable bonds is 7. The number of nitrogens with zero attached hydrogens (tertiary/aromatic N) is 1. The number of amides is 1. The van der Waals surface area contributed by atoms with Gasteiger partial charge in [-0.15, -0.1) is 0 Å². The topological polar surface area (TPSA) is 87.7 Å². The standard InChI is InChI=1S/C26H34ClN3O4S/c1-26(2,3)28-17-18-10-11-20-22(12-14-34-23(20)15-18)29-25(31)16-19-7-6-13-30(19)35(32,33)24-9-5-4-8-21(24)27/h4-5,8-11,15,19,22,28H,6-7,12-14,16-17H2,1-3H3,(H,29,31)/t19-,22+/m0/s1. The van der Waals surface area contributed by atoms with Crippen LogP contribution in [0.2, 0.25) is 5.02 Å². The second-order valence-electron chi connectivity index (χ2n) is 10.3. The third-order valence-electron chi connectivity index (χ3n) is 6.44. The Morgan fingerprint density at radius 2 is 1.94 bits per heavy atom. The highest BCUT2D eigenvalue weighted by atomic mass is 35.5. The molecule has 0 aliphatic carbocycles.